The Kier molecular flexibility index (Phi) is 7.60. The summed E-state index contributed by atoms with van der Waals surface area (Å²) in [7, 11) is 2.11. The number of amides is 1. The molecule has 0 aliphatic carbocycles. The van der Waals surface area contributed by atoms with Crippen LogP contribution in [0.1, 0.15) is 33.5 Å². The van der Waals surface area contributed by atoms with Gasteiger partial charge in [0, 0.05) is 25.2 Å². The zero-order valence-corrected chi connectivity index (χ0v) is 16.8. The number of fused-ring (bicyclic) bond motifs is 1. The molecule has 0 fully saturated rings. The molecule has 0 unspecified atom stereocenters. The molecule has 0 spiro atoms. The topological polar surface area (TPSA) is 49.6 Å². The van der Waals surface area contributed by atoms with Crippen LogP contribution in [0, 0.1) is 6.92 Å². The molecule has 0 atom stereocenters. The highest BCUT2D eigenvalue weighted by Gasteiger charge is 2.21. The van der Waals surface area contributed by atoms with E-state index in [0.717, 1.165) is 47.5 Å². The number of halogens is 1. The highest BCUT2D eigenvalue weighted by atomic mass is 35.5. The lowest BCUT2D eigenvalue weighted by Gasteiger charge is -2.27. The second-order valence-electron chi connectivity index (χ2n) is 6.89. The number of carbonyl (C=O) groups excluding carboxylic acids is 1. The molecule has 3 rings (SSSR count). The van der Waals surface area contributed by atoms with Gasteiger partial charge in [0.25, 0.3) is 5.91 Å². The first-order valence-electron chi connectivity index (χ1n) is 9.15. The number of aryl methyl sites for hydroxylation is 1. The van der Waals surface area contributed by atoms with Crippen molar-refractivity contribution in [3.8, 4) is 0 Å². The maximum Gasteiger partial charge on any atom is 0.258 e. The van der Waals surface area contributed by atoms with Crippen LogP contribution in [0.15, 0.2) is 48.5 Å². The quantitative estimate of drug-likeness (QED) is 0.853. The van der Waals surface area contributed by atoms with E-state index in [4.69, 9.17) is 5.73 Å². The van der Waals surface area contributed by atoms with Gasteiger partial charge in [-0.05, 0) is 55.8 Å². The number of carbonyl (C=O) groups is 1. The number of para-hydroxylation sites is 1. The Balaban J connectivity index is 0.00000261. The van der Waals surface area contributed by atoms with Crippen molar-refractivity contribution < 1.29 is 4.79 Å². The number of hydrogen-bond acceptors (Lipinski definition) is 3. The van der Waals surface area contributed by atoms with Crippen molar-refractivity contribution in [1.29, 1.82) is 0 Å². The van der Waals surface area contributed by atoms with Gasteiger partial charge in [0.15, 0.2) is 0 Å². The van der Waals surface area contributed by atoms with Gasteiger partial charge in [-0.15, -0.1) is 12.4 Å². The minimum Gasteiger partial charge on any atom is -0.326 e. The summed E-state index contributed by atoms with van der Waals surface area (Å²) in [5, 5.41) is 0. The van der Waals surface area contributed by atoms with Crippen molar-refractivity contribution in [3.05, 3.63) is 70.8 Å². The van der Waals surface area contributed by atoms with Crippen molar-refractivity contribution in [1.82, 2.24) is 4.90 Å². The first kappa shape index (κ1) is 21.2. The summed E-state index contributed by atoms with van der Waals surface area (Å²) < 4.78 is 0. The molecule has 144 valence electrons. The Hall–Kier alpha value is -2.14. The fourth-order valence-electron chi connectivity index (χ4n) is 3.39. The summed E-state index contributed by atoms with van der Waals surface area (Å²) in [6.45, 7) is 5.04. The van der Waals surface area contributed by atoms with E-state index in [2.05, 4.69) is 30.2 Å². The largest absolute Gasteiger partial charge is 0.326 e. The van der Waals surface area contributed by atoms with Crippen LogP contribution in [0.25, 0.3) is 6.08 Å². The molecule has 27 heavy (non-hydrogen) atoms. The molecule has 0 saturated heterocycles. The van der Waals surface area contributed by atoms with Crippen molar-refractivity contribution in [2.75, 3.05) is 31.6 Å². The molecule has 5 heteroatoms. The van der Waals surface area contributed by atoms with Crippen LogP contribution in [-0.4, -0.2) is 37.5 Å². The monoisotopic (exact) mass is 385 g/mol. The summed E-state index contributed by atoms with van der Waals surface area (Å²) in [5.74, 6) is 0.0511. The first-order chi connectivity index (χ1) is 12.6. The van der Waals surface area contributed by atoms with E-state index in [0.29, 0.717) is 13.1 Å². The van der Waals surface area contributed by atoms with Gasteiger partial charge in [-0.3, -0.25) is 4.79 Å². The predicted octanol–water partition coefficient (Wildman–Crippen LogP) is 3.87. The third kappa shape index (κ3) is 4.98. The Bertz CT molecular complexity index is 819. The lowest BCUT2D eigenvalue weighted by atomic mass is 10.0. The molecule has 1 aliphatic rings. The SMILES string of the molecule is Cc1cc(CN)ccc1C(=O)N1CCCN(C)C/C=C\c2ccccc21.Cl. The number of rotatable bonds is 2. The predicted molar refractivity (Wildman–Crippen MR) is 116 cm³/mol. The average Bonchev–Trinajstić information content (AvgIpc) is 2.65. The van der Waals surface area contributed by atoms with E-state index in [1.54, 1.807) is 0 Å². The zero-order chi connectivity index (χ0) is 18.5. The molecule has 1 heterocycles. The number of hydrogen-bond donors (Lipinski definition) is 1. The second-order valence-corrected chi connectivity index (χ2v) is 6.89. The number of nitrogens with zero attached hydrogens (tertiary/aromatic N) is 2. The van der Waals surface area contributed by atoms with E-state index in [-0.39, 0.29) is 18.3 Å². The number of likely N-dealkylation sites (N-methyl/N-ethyl adjacent to an activating group) is 1. The molecule has 2 aromatic rings. The number of nitrogens with two attached hydrogens (primary N) is 1. The molecular formula is C22H28ClN3O. The Labute approximate surface area is 168 Å². The summed E-state index contributed by atoms with van der Waals surface area (Å²) in [6.07, 6.45) is 5.21. The molecular weight excluding hydrogens is 358 g/mol. The highest BCUT2D eigenvalue weighted by molar-refractivity contribution is 6.08. The zero-order valence-electron chi connectivity index (χ0n) is 16.0. The highest BCUT2D eigenvalue weighted by Crippen LogP contribution is 2.26. The molecule has 0 radical (unpaired) electrons. The maximum absolute atomic E-state index is 13.4. The molecule has 2 N–H and O–H groups in total. The maximum atomic E-state index is 13.4. The van der Waals surface area contributed by atoms with E-state index in [1.165, 1.54) is 0 Å². The fourth-order valence-corrected chi connectivity index (χ4v) is 3.39. The van der Waals surface area contributed by atoms with Gasteiger partial charge in [0.2, 0.25) is 0 Å². The third-order valence-corrected chi connectivity index (χ3v) is 4.87. The number of anilines is 1. The minimum atomic E-state index is 0. The molecule has 4 nitrogen and oxygen atoms in total. The van der Waals surface area contributed by atoms with Crippen molar-refractivity contribution >= 4 is 30.1 Å². The lowest BCUT2D eigenvalue weighted by molar-refractivity contribution is 0.0985. The van der Waals surface area contributed by atoms with Crippen LogP contribution < -0.4 is 10.6 Å². The van der Waals surface area contributed by atoms with Gasteiger partial charge < -0.3 is 15.5 Å². The summed E-state index contributed by atoms with van der Waals surface area (Å²) in [4.78, 5) is 17.6. The molecule has 2 aromatic carbocycles. The Morgan fingerprint density at radius 3 is 2.67 bits per heavy atom. The van der Waals surface area contributed by atoms with Crippen molar-refractivity contribution in [2.24, 2.45) is 5.73 Å². The van der Waals surface area contributed by atoms with Crippen LogP contribution >= 0.6 is 12.4 Å². The van der Waals surface area contributed by atoms with Gasteiger partial charge in [0.1, 0.15) is 0 Å². The minimum absolute atomic E-state index is 0. The smallest absolute Gasteiger partial charge is 0.258 e. The van der Waals surface area contributed by atoms with Crippen molar-refractivity contribution in [3.63, 3.8) is 0 Å². The van der Waals surface area contributed by atoms with Crippen molar-refractivity contribution in [2.45, 2.75) is 19.9 Å². The molecule has 0 saturated carbocycles. The first-order valence-corrected chi connectivity index (χ1v) is 9.15. The lowest BCUT2D eigenvalue weighted by Crippen LogP contribution is -2.35. The van der Waals surface area contributed by atoms with Crippen LogP contribution in [0.2, 0.25) is 0 Å². The van der Waals surface area contributed by atoms with Crippen LogP contribution in [-0.2, 0) is 6.54 Å². The van der Waals surface area contributed by atoms with E-state index >= 15 is 0 Å². The normalized spacial score (nSPS) is 16.2. The van der Waals surface area contributed by atoms with Gasteiger partial charge in [-0.2, -0.15) is 0 Å². The van der Waals surface area contributed by atoms with Gasteiger partial charge >= 0.3 is 0 Å². The summed E-state index contributed by atoms with van der Waals surface area (Å²) in [6, 6.07) is 14.0. The fraction of sp³-hybridized carbons (Fsp3) is 0.318. The van der Waals surface area contributed by atoms with Gasteiger partial charge in [-0.1, -0.05) is 42.5 Å². The Morgan fingerprint density at radius 2 is 1.93 bits per heavy atom. The summed E-state index contributed by atoms with van der Waals surface area (Å²) in [5.41, 5.74) is 10.5. The second kappa shape index (κ2) is 9.70. The van der Waals surface area contributed by atoms with Crippen LogP contribution in [0.3, 0.4) is 0 Å². The standard InChI is InChI=1S/C22H27N3O.ClH/c1-17-15-18(16-23)10-11-20(17)22(26)25-14-6-13-24(2)12-5-8-19-7-3-4-9-21(19)25;/h3-5,7-11,15H,6,12-14,16,23H2,1-2H3;1H/b8-5-;. The van der Waals surface area contributed by atoms with E-state index < -0.39 is 0 Å². The van der Waals surface area contributed by atoms with Crippen LogP contribution in [0.5, 0.6) is 0 Å². The van der Waals surface area contributed by atoms with E-state index in [1.807, 2.05) is 48.2 Å². The molecule has 1 aliphatic heterocycles. The average molecular weight is 386 g/mol. The molecule has 0 bridgehead atoms. The third-order valence-electron chi connectivity index (χ3n) is 4.87. The summed E-state index contributed by atoms with van der Waals surface area (Å²) >= 11 is 0. The Morgan fingerprint density at radius 1 is 1.15 bits per heavy atom. The van der Waals surface area contributed by atoms with Crippen LogP contribution in [0.4, 0.5) is 5.69 Å². The molecule has 0 aromatic heterocycles. The van der Waals surface area contributed by atoms with Gasteiger partial charge in [-0.25, -0.2) is 0 Å². The van der Waals surface area contributed by atoms with Gasteiger partial charge in [0.05, 0.1) is 5.69 Å². The number of benzene rings is 2. The molecule has 1 amide bonds. The van der Waals surface area contributed by atoms with E-state index in [9.17, 15) is 4.79 Å².